The number of carbonyl (C=O) groups is 4. The Morgan fingerprint density at radius 1 is 1.00 bits per heavy atom. The van der Waals surface area contributed by atoms with Gasteiger partial charge in [-0.2, -0.15) is 0 Å². The second-order valence-electron chi connectivity index (χ2n) is 7.12. The molecule has 3 heterocycles. The van der Waals surface area contributed by atoms with E-state index in [-0.39, 0.29) is 11.6 Å². The number of nitrogens with one attached hydrogen (secondary N) is 1. The molecule has 2 fully saturated rings. The van der Waals surface area contributed by atoms with Gasteiger partial charge >= 0.3 is 23.9 Å². The number of pyridine rings is 1. The largest absolute Gasteiger partial charge is 0.469 e. The summed E-state index contributed by atoms with van der Waals surface area (Å²) in [5.74, 6) is -5.54. The van der Waals surface area contributed by atoms with Crippen molar-refractivity contribution in [3.63, 3.8) is 0 Å². The first-order chi connectivity index (χ1) is 14.2. The predicted octanol–water partition coefficient (Wildman–Crippen LogP) is 0.228. The first kappa shape index (κ1) is 22.0. The third-order valence-corrected chi connectivity index (χ3v) is 6.20. The average molecular weight is 441 g/mol. The van der Waals surface area contributed by atoms with Crippen molar-refractivity contribution in [1.82, 2.24) is 10.3 Å². The van der Waals surface area contributed by atoms with Crippen LogP contribution in [-0.2, 0) is 38.1 Å². The van der Waals surface area contributed by atoms with Crippen LogP contribution in [0.15, 0.2) is 18.3 Å². The summed E-state index contributed by atoms with van der Waals surface area (Å²) in [4.78, 5) is 55.9. The summed E-state index contributed by atoms with van der Waals surface area (Å²) in [5.41, 5.74) is -3.35. The van der Waals surface area contributed by atoms with E-state index >= 15 is 0 Å². The van der Waals surface area contributed by atoms with Crippen molar-refractivity contribution in [2.45, 2.75) is 23.9 Å². The molecule has 30 heavy (non-hydrogen) atoms. The van der Waals surface area contributed by atoms with E-state index in [9.17, 15) is 19.2 Å². The highest BCUT2D eigenvalue weighted by Crippen LogP contribution is 2.62. The van der Waals surface area contributed by atoms with Crippen molar-refractivity contribution in [2.24, 2.45) is 11.3 Å². The van der Waals surface area contributed by atoms with E-state index in [4.69, 9.17) is 30.5 Å². The van der Waals surface area contributed by atoms with Crippen LogP contribution < -0.4 is 5.32 Å². The minimum atomic E-state index is -2.08. The summed E-state index contributed by atoms with van der Waals surface area (Å²) >= 11 is 5.89. The fraction of sp³-hybridized carbons (Fsp3) is 0.526. The number of esters is 4. The van der Waals surface area contributed by atoms with E-state index in [0.29, 0.717) is 5.56 Å². The smallest absolute Gasteiger partial charge is 0.326 e. The summed E-state index contributed by atoms with van der Waals surface area (Å²) in [7, 11) is 4.56. The monoisotopic (exact) mass is 440 g/mol. The van der Waals surface area contributed by atoms with E-state index in [1.807, 2.05) is 0 Å². The van der Waals surface area contributed by atoms with Gasteiger partial charge in [-0.25, -0.2) is 4.98 Å². The fourth-order valence-electron chi connectivity index (χ4n) is 4.93. The molecule has 2 saturated heterocycles. The Balaban J connectivity index is 2.35. The fourth-order valence-corrected chi connectivity index (χ4v) is 5.04. The highest BCUT2D eigenvalue weighted by molar-refractivity contribution is 6.29. The molecule has 0 radical (unpaired) electrons. The summed E-state index contributed by atoms with van der Waals surface area (Å²) in [6, 6.07) is 1.86. The zero-order valence-electron chi connectivity index (χ0n) is 16.8. The lowest BCUT2D eigenvalue weighted by atomic mass is 9.56. The molecule has 0 amide bonds. The van der Waals surface area contributed by atoms with Crippen LogP contribution in [0.5, 0.6) is 0 Å². The molecule has 1 aromatic heterocycles. The van der Waals surface area contributed by atoms with Crippen LogP contribution in [0.4, 0.5) is 0 Å². The number of halogens is 1. The van der Waals surface area contributed by atoms with Crippen LogP contribution in [0, 0.1) is 11.3 Å². The number of methoxy groups -OCH3 is 4. The molecule has 2 aliphatic rings. The van der Waals surface area contributed by atoms with Gasteiger partial charge in [-0.15, -0.1) is 0 Å². The quantitative estimate of drug-likeness (QED) is 0.294. The number of hydrogen-bond donors (Lipinski definition) is 1. The number of hydrogen-bond acceptors (Lipinski definition) is 10. The Labute approximate surface area is 177 Å². The van der Waals surface area contributed by atoms with Crippen LogP contribution in [0.25, 0.3) is 0 Å². The maximum absolute atomic E-state index is 13.2. The second kappa shape index (κ2) is 7.84. The molecule has 0 aliphatic carbocycles. The topological polar surface area (TPSA) is 130 Å². The zero-order chi connectivity index (χ0) is 22.3. The van der Waals surface area contributed by atoms with Gasteiger partial charge in [0, 0.05) is 18.2 Å². The van der Waals surface area contributed by atoms with E-state index in [1.165, 1.54) is 26.5 Å². The highest BCUT2D eigenvalue weighted by Gasteiger charge is 2.80. The van der Waals surface area contributed by atoms with E-state index in [2.05, 4.69) is 10.3 Å². The number of rotatable bonds is 5. The highest BCUT2D eigenvalue weighted by atomic mass is 35.5. The molecule has 0 spiro atoms. The molecule has 162 valence electrons. The minimum absolute atomic E-state index is 0.0694. The summed E-state index contributed by atoms with van der Waals surface area (Å²) in [6.07, 6.45) is 1.29. The lowest BCUT2D eigenvalue weighted by Gasteiger charge is -2.43. The summed E-state index contributed by atoms with van der Waals surface area (Å²) in [5, 5.41) is 3.18. The molecule has 2 bridgehead atoms. The normalized spacial score (nSPS) is 28.5. The van der Waals surface area contributed by atoms with Crippen LogP contribution in [-0.4, -0.2) is 68.9 Å². The molecule has 2 aliphatic heterocycles. The van der Waals surface area contributed by atoms with Crippen molar-refractivity contribution in [1.29, 1.82) is 0 Å². The summed E-state index contributed by atoms with van der Waals surface area (Å²) < 4.78 is 19.8. The van der Waals surface area contributed by atoms with Gasteiger partial charge in [-0.3, -0.25) is 24.5 Å². The van der Waals surface area contributed by atoms with Gasteiger partial charge in [0.25, 0.3) is 0 Å². The van der Waals surface area contributed by atoms with Crippen molar-refractivity contribution < 1.29 is 38.1 Å². The van der Waals surface area contributed by atoms with Gasteiger partial charge in [-0.1, -0.05) is 17.7 Å². The van der Waals surface area contributed by atoms with Gasteiger partial charge < -0.3 is 18.9 Å². The third kappa shape index (κ3) is 2.78. The molecule has 0 unspecified atom stereocenters. The standard InChI is InChI=1S/C19H21ClN2O8/c1-27-14(23)10-7-18(15(24)28-2)12(9-5-6-11(20)21-8-9)19(13(10)22-18,16(25)29-3)17(26)30-4/h5-6,8,10,12-13,22H,7H2,1-4H3/t10-,12-,13+,18-/m0/s1. The Hall–Kier alpha value is -2.72. The van der Waals surface area contributed by atoms with Crippen molar-refractivity contribution in [2.75, 3.05) is 28.4 Å². The van der Waals surface area contributed by atoms with Gasteiger partial charge in [0.15, 0.2) is 5.41 Å². The average Bonchev–Trinajstić information content (AvgIpc) is 3.31. The second-order valence-corrected chi connectivity index (χ2v) is 7.51. The van der Waals surface area contributed by atoms with Crippen LogP contribution in [0.2, 0.25) is 5.15 Å². The van der Waals surface area contributed by atoms with E-state index in [0.717, 1.165) is 14.2 Å². The lowest BCUT2D eigenvalue weighted by molar-refractivity contribution is -0.176. The van der Waals surface area contributed by atoms with Gasteiger partial charge in [0.2, 0.25) is 0 Å². The predicted molar refractivity (Wildman–Crippen MR) is 100 cm³/mol. The van der Waals surface area contributed by atoms with Crippen LogP contribution in [0.1, 0.15) is 17.9 Å². The van der Waals surface area contributed by atoms with E-state index in [1.54, 1.807) is 6.07 Å². The lowest BCUT2D eigenvalue weighted by Crippen LogP contribution is -2.60. The van der Waals surface area contributed by atoms with Crippen molar-refractivity contribution in [3.05, 3.63) is 29.0 Å². The Morgan fingerprint density at radius 3 is 2.07 bits per heavy atom. The van der Waals surface area contributed by atoms with Crippen molar-refractivity contribution >= 4 is 35.5 Å². The zero-order valence-corrected chi connectivity index (χ0v) is 17.5. The molecule has 4 atom stereocenters. The number of ether oxygens (including phenoxy) is 4. The molecule has 11 heteroatoms. The van der Waals surface area contributed by atoms with Crippen LogP contribution >= 0.6 is 11.6 Å². The maximum Gasteiger partial charge on any atom is 0.326 e. The number of carbonyl (C=O) groups excluding carboxylic acids is 4. The SMILES string of the molecule is COC(=O)[C@H]1C[C@]2(C(=O)OC)N[C@H]1C(C(=O)OC)(C(=O)OC)[C@H]2c1ccc(Cl)nc1. The van der Waals surface area contributed by atoms with Crippen LogP contribution in [0.3, 0.4) is 0 Å². The molecule has 1 aromatic rings. The molecule has 0 saturated carbocycles. The summed E-state index contributed by atoms with van der Waals surface area (Å²) in [6.45, 7) is 0. The number of nitrogens with zero attached hydrogens (tertiary/aromatic N) is 1. The Bertz CT molecular complexity index is 873. The maximum atomic E-state index is 13.2. The molecule has 3 rings (SSSR count). The molecule has 0 aromatic carbocycles. The Kier molecular flexibility index (Phi) is 5.74. The number of aromatic nitrogens is 1. The Morgan fingerprint density at radius 2 is 1.60 bits per heavy atom. The minimum Gasteiger partial charge on any atom is -0.469 e. The van der Waals surface area contributed by atoms with Gasteiger partial charge in [0.05, 0.1) is 34.4 Å². The number of fused-ring (bicyclic) bond motifs is 2. The first-order valence-corrected chi connectivity index (χ1v) is 9.34. The van der Waals surface area contributed by atoms with Gasteiger partial charge in [0.1, 0.15) is 10.7 Å². The molecule has 1 N–H and O–H groups in total. The third-order valence-electron chi connectivity index (χ3n) is 5.98. The van der Waals surface area contributed by atoms with E-state index < -0.39 is 52.7 Å². The van der Waals surface area contributed by atoms with Crippen molar-refractivity contribution in [3.8, 4) is 0 Å². The van der Waals surface area contributed by atoms with Gasteiger partial charge in [-0.05, 0) is 18.1 Å². The first-order valence-electron chi connectivity index (χ1n) is 8.96. The molecular formula is C19H21ClN2O8. The molecular weight excluding hydrogens is 420 g/mol. The molecule has 10 nitrogen and oxygen atoms in total.